The van der Waals surface area contributed by atoms with Crippen LogP contribution >= 0.6 is 0 Å². The summed E-state index contributed by atoms with van der Waals surface area (Å²) in [7, 11) is 0. The van der Waals surface area contributed by atoms with Gasteiger partial charge in [0.2, 0.25) is 0 Å². The zero-order valence-corrected chi connectivity index (χ0v) is 14.1. The summed E-state index contributed by atoms with van der Waals surface area (Å²) in [6.45, 7) is 9.03. The van der Waals surface area contributed by atoms with E-state index in [0.29, 0.717) is 5.92 Å². The van der Waals surface area contributed by atoms with Crippen LogP contribution in [0.15, 0.2) is 30.6 Å². The van der Waals surface area contributed by atoms with Crippen LogP contribution in [0.1, 0.15) is 26.5 Å². The van der Waals surface area contributed by atoms with Crippen molar-refractivity contribution >= 4 is 5.82 Å². The zero-order chi connectivity index (χ0) is 16.2. The molecule has 5 nitrogen and oxygen atoms in total. The van der Waals surface area contributed by atoms with Crippen LogP contribution in [0.4, 0.5) is 5.82 Å². The lowest BCUT2D eigenvalue weighted by atomic mass is 10.1. The predicted octanol–water partition coefficient (Wildman–Crippen LogP) is 2.96. The fourth-order valence-corrected chi connectivity index (χ4v) is 2.74. The number of ether oxygens (including phenoxy) is 1. The minimum absolute atomic E-state index is 0.258. The van der Waals surface area contributed by atoms with Crippen molar-refractivity contribution < 1.29 is 4.74 Å². The molecule has 0 N–H and O–H groups in total. The molecule has 1 atom stereocenters. The van der Waals surface area contributed by atoms with E-state index in [9.17, 15) is 0 Å². The van der Waals surface area contributed by atoms with Gasteiger partial charge in [-0.2, -0.15) is 0 Å². The molecule has 0 saturated carbocycles. The number of morpholine rings is 1. The molecule has 3 heterocycles. The van der Waals surface area contributed by atoms with Gasteiger partial charge < -0.3 is 9.64 Å². The number of rotatable bonds is 4. The lowest BCUT2D eigenvalue weighted by Crippen LogP contribution is -2.45. The molecule has 23 heavy (non-hydrogen) atoms. The molecular formula is C18H24N4O. The fourth-order valence-electron chi connectivity index (χ4n) is 2.74. The molecule has 0 bridgehead atoms. The molecule has 1 aliphatic rings. The SMILES string of the molecule is CCc1cc(N2CCOC(C(C)C)C2)nc(-c2ccncc2)n1. The summed E-state index contributed by atoms with van der Waals surface area (Å²) in [5.74, 6) is 2.27. The van der Waals surface area contributed by atoms with Crippen LogP contribution in [0, 0.1) is 5.92 Å². The largest absolute Gasteiger partial charge is 0.374 e. The molecular weight excluding hydrogens is 288 g/mol. The predicted molar refractivity (Wildman–Crippen MR) is 91.4 cm³/mol. The molecule has 0 amide bonds. The molecule has 1 fully saturated rings. The number of nitrogens with zero attached hydrogens (tertiary/aromatic N) is 4. The lowest BCUT2D eigenvalue weighted by Gasteiger charge is -2.35. The molecule has 2 aromatic heterocycles. The number of anilines is 1. The van der Waals surface area contributed by atoms with Gasteiger partial charge in [-0.3, -0.25) is 4.98 Å². The maximum atomic E-state index is 5.87. The maximum absolute atomic E-state index is 5.87. The Hall–Kier alpha value is -2.01. The maximum Gasteiger partial charge on any atom is 0.161 e. The van der Waals surface area contributed by atoms with Crippen molar-refractivity contribution in [2.45, 2.75) is 33.3 Å². The first-order chi connectivity index (χ1) is 11.2. The van der Waals surface area contributed by atoms with Crippen molar-refractivity contribution in [1.82, 2.24) is 15.0 Å². The first-order valence-electron chi connectivity index (χ1n) is 8.32. The average Bonchev–Trinajstić information content (AvgIpc) is 2.62. The second-order valence-electron chi connectivity index (χ2n) is 6.23. The van der Waals surface area contributed by atoms with Crippen LogP contribution in [-0.2, 0) is 11.2 Å². The Morgan fingerprint density at radius 3 is 2.74 bits per heavy atom. The van der Waals surface area contributed by atoms with E-state index in [0.717, 1.165) is 49.0 Å². The highest BCUT2D eigenvalue weighted by molar-refractivity contribution is 5.57. The van der Waals surface area contributed by atoms with Gasteiger partial charge in [-0.15, -0.1) is 0 Å². The standard InChI is InChI=1S/C18H24N4O/c1-4-15-11-17(22-9-10-23-16(12-22)13(2)3)21-18(20-15)14-5-7-19-8-6-14/h5-8,11,13,16H,4,9-10,12H2,1-3H3. The van der Waals surface area contributed by atoms with E-state index in [1.807, 2.05) is 12.1 Å². The second kappa shape index (κ2) is 7.04. The third-order valence-electron chi connectivity index (χ3n) is 4.23. The number of pyridine rings is 1. The minimum atomic E-state index is 0.258. The van der Waals surface area contributed by atoms with E-state index in [-0.39, 0.29) is 6.10 Å². The van der Waals surface area contributed by atoms with Crippen LogP contribution < -0.4 is 4.90 Å². The third kappa shape index (κ3) is 3.67. The molecule has 3 rings (SSSR count). The smallest absolute Gasteiger partial charge is 0.161 e. The average molecular weight is 312 g/mol. The molecule has 0 aromatic carbocycles. The summed E-state index contributed by atoms with van der Waals surface area (Å²) in [4.78, 5) is 15.9. The Morgan fingerprint density at radius 2 is 2.04 bits per heavy atom. The Morgan fingerprint density at radius 1 is 1.26 bits per heavy atom. The molecule has 1 unspecified atom stereocenters. The number of hydrogen-bond donors (Lipinski definition) is 0. The van der Waals surface area contributed by atoms with E-state index in [2.05, 4.69) is 41.7 Å². The summed E-state index contributed by atoms with van der Waals surface area (Å²) in [5.41, 5.74) is 2.07. The minimum Gasteiger partial charge on any atom is -0.374 e. The van der Waals surface area contributed by atoms with Crippen molar-refractivity contribution in [2.24, 2.45) is 5.92 Å². The number of aromatic nitrogens is 3. The number of hydrogen-bond acceptors (Lipinski definition) is 5. The monoisotopic (exact) mass is 312 g/mol. The van der Waals surface area contributed by atoms with E-state index in [1.165, 1.54) is 0 Å². The summed E-state index contributed by atoms with van der Waals surface area (Å²) < 4.78 is 5.87. The van der Waals surface area contributed by atoms with Crippen LogP contribution in [0.5, 0.6) is 0 Å². The van der Waals surface area contributed by atoms with Crippen molar-refractivity contribution in [3.63, 3.8) is 0 Å². The summed E-state index contributed by atoms with van der Waals surface area (Å²) in [6, 6.07) is 6.01. The van der Waals surface area contributed by atoms with Gasteiger partial charge >= 0.3 is 0 Å². The third-order valence-corrected chi connectivity index (χ3v) is 4.23. The highest BCUT2D eigenvalue weighted by atomic mass is 16.5. The van der Waals surface area contributed by atoms with Crippen LogP contribution in [0.3, 0.4) is 0 Å². The van der Waals surface area contributed by atoms with Gasteiger partial charge in [0.05, 0.1) is 12.7 Å². The van der Waals surface area contributed by atoms with E-state index >= 15 is 0 Å². The van der Waals surface area contributed by atoms with Gasteiger partial charge in [-0.05, 0) is 24.5 Å². The molecule has 0 radical (unpaired) electrons. The highest BCUT2D eigenvalue weighted by Gasteiger charge is 2.24. The first-order valence-corrected chi connectivity index (χ1v) is 8.32. The zero-order valence-electron chi connectivity index (χ0n) is 14.1. The van der Waals surface area contributed by atoms with Crippen molar-refractivity contribution in [2.75, 3.05) is 24.6 Å². The van der Waals surface area contributed by atoms with E-state index < -0.39 is 0 Å². The fraction of sp³-hybridized carbons (Fsp3) is 0.500. The topological polar surface area (TPSA) is 51.1 Å². The van der Waals surface area contributed by atoms with Gasteiger partial charge in [0.15, 0.2) is 5.82 Å². The van der Waals surface area contributed by atoms with Crippen molar-refractivity contribution in [1.29, 1.82) is 0 Å². The molecule has 122 valence electrons. The highest BCUT2D eigenvalue weighted by Crippen LogP contribution is 2.23. The second-order valence-corrected chi connectivity index (χ2v) is 6.23. The quantitative estimate of drug-likeness (QED) is 0.869. The Labute approximate surface area is 137 Å². The molecule has 2 aromatic rings. The van der Waals surface area contributed by atoms with Crippen molar-refractivity contribution in [3.05, 3.63) is 36.3 Å². The Balaban J connectivity index is 1.92. The lowest BCUT2D eigenvalue weighted by molar-refractivity contribution is 0.0112. The van der Waals surface area contributed by atoms with Crippen LogP contribution in [0.2, 0.25) is 0 Å². The summed E-state index contributed by atoms with van der Waals surface area (Å²) in [6.07, 6.45) is 4.71. The van der Waals surface area contributed by atoms with E-state index in [1.54, 1.807) is 12.4 Å². The molecule has 0 aliphatic carbocycles. The van der Waals surface area contributed by atoms with Gasteiger partial charge in [0.25, 0.3) is 0 Å². The normalized spacial score (nSPS) is 18.4. The Kier molecular flexibility index (Phi) is 4.86. The molecule has 0 spiro atoms. The number of aryl methyl sites for hydroxylation is 1. The first kappa shape index (κ1) is 15.9. The van der Waals surface area contributed by atoms with E-state index in [4.69, 9.17) is 9.72 Å². The molecule has 1 saturated heterocycles. The summed E-state index contributed by atoms with van der Waals surface area (Å²) in [5, 5.41) is 0. The molecule has 1 aliphatic heterocycles. The Bertz CT molecular complexity index is 645. The van der Waals surface area contributed by atoms with Crippen molar-refractivity contribution in [3.8, 4) is 11.4 Å². The molecule has 5 heteroatoms. The van der Waals surface area contributed by atoms with Crippen LogP contribution in [-0.4, -0.2) is 40.8 Å². The van der Waals surface area contributed by atoms with Crippen LogP contribution in [0.25, 0.3) is 11.4 Å². The van der Waals surface area contributed by atoms with Gasteiger partial charge in [-0.1, -0.05) is 20.8 Å². The summed E-state index contributed by atoms with van der Waals surface area (Å²) >= 11 is 0. The van der Waals surface area contributed by atoms with Gasteiger partial charge in [-0.25, -0.2) is 9.97 Å². The van der Waals surface area contributed by atoms with Gasteiger partial charge in [0.1, 0.15) is 5.82 Å². The van der Waals surface area contributed by atoms with Gasteiger partial charge in [0, 0.05) is 42.8 Å².